The molecule has 0 spiro atoms. The number of unbranched alkanes of at least 4 members (excludes halogenated alkanes) is 11. The zero-order valence-electron chi connectivity index (χ0n) is 35.8. The normalized spacial score (nSPS) is 12.1. The van der Waals surface area contributed by atoms with Gasteiger partial charge in [0, 0.05) is 44.7 Å². The van der Waals surface area contributed by atoms with Crippen LogP contribution in [-0.4, -0.2) is 141 Å². The van der Waals surface area contributed by atoms with Crippen LogP contribution in [-0.2, 0) is 57.3 Å². The number of nitrogens with one attached hydrogen (secondary N) is 4. The van der Waals surface area contributed by atoms with Crippen molar-refractivity contribution in [1.82, 2.24) is 21.3 Å². The molecule has 0 saturated carbocycles. The summed E-state index contributed by atoms with van der Waals surface area (Å²) in [6.45, 7) is 5.17. The van der Waals surface area contributed by atoms with E-state index in [4.69, 9.17) is 24.1 Å². The molecule has 346 valence electrons. The highest BCUT2D eigenvalue weighted by Crippen LogP contribution is 2.13. The van der Waals surface area contributed by atoms with Crippen molar-refractivity contribution in [2.24, 2.45) is 5.92 Å². The third kappa shape index (κ3) is 35.7. The first kappa shape index (κ1) is 55.8. The number of ketones is 1. The molecule has 0 saturated heterocycles. The SMILES string of the molecule is CC(C)C(=O)COCCOCCNC(=O)COCCOCCNC(=O)CC[C@H](NC(=O)CCC(NC(=O)CCCCCCCCCCCCCCC(=O)O)C(=O)O)C(=O)O. The van der Waals surface area contributed by atoms with E-state index in [-0.39, 0.29) is 115 Å². The second-order valence-electron chi connectivity index (χ2n) is 14.8. The Bertz CT molecular complexity index is 1250. The molecule has 0 aliphatic heterocycles. The number of aliphatic carboxylic acids is 3. The quantitative estimate of drug-likeness (QED) is 0.0435. The number of Topliss-reactive ketones (excluding diaryl/α,β-unsaturated/α-hetero) is 1. The van der Waals surface area contributed by atoms with E-state index in [1.807, 2.05) is 0 Å². The second kappa shape index (κ2) is 37.8. The van der Waals surface area contributed by atoms with Gasteiger partial charge >= 0.3 is 17.9 Å². The van der Waals surface area contributed by atoms with Crippen molar-refractivity contribution in [2.75, 3.05) is 65.9 Å². The molecule has 0 aromatic rings. The summed E-state index contributed by atoms with van der Waals surface area (Å²) in [6, 6.07) is -2.70. The van der Waals surface area contributed by atoms with Crippen LogP contribution >= 0.6 is 0 Å². The molecule has 0 aliphatic carbocycles. The smallest absolute Gasteiger partial charge is 0.326 e. The average molecular weight is 861 g/mol. The Morgan fingerprint density at radius 1 is 0.433 bits per heavy atom. The molecule has 0 fully saturated rings. The van der Waals surface area contributed by atoms with Gasteiger partial charge in [0.1, 0.15) is 25.3 Å². The van der Waals surface area contributed by atoms with Crippen molar-refractivity contribution in [3.8, 4) is 0 Å². The summed E-state index contributed by atoms with van der Waals surface area (Å²) in [6.07, 6.45) is 11.2. The molecule has 19 heteroatoms. The fraction of sp³-hybridized carbons (Fsp3) is 0.805. The Kier molecular flexibility index (Phi) is 35.1. The van der Waals surface area contributed by atoms with Gasteiger partial charge in [-0.2, -0.15) is 0 Å². The number of carbonyl (C=O) groups is 8. The van der Waals surface area contributed by atoms with E-state index in [1.165, 1.54) is 0 Å². The number of ether oxygens (including phenoxy) is 4. The van der Waals surface area contributed by atoms with Crippen molar-refractivity contribution in [2.45, 2.75) is 142 Å². The van der Waals surface area contributed by atoms with E-state index in [2.05, 4.69) is 21.3 Å². The molecule has 0 radical (unpaired) electrons. The highest BCUT2D eigenvalue weighted by molar-refractivity contribution is 5.86. The number of hydrogen-bond acceptors (Lipinski definition) is 12. The first-order valence-electron chi connectivity index (χ1n) is 21.4. The maximum Gasteiger partial charge on any atom is 0.326 e. The molecule has 2 atom stereocenters. The summed E-state index contributed by atoms with van der Waals surface area (Å²) in [5.41, 5.74) is 0. The van der Waals surface area contributed by atoms with E-state index in [9.17, 15) is 48.6 Å². The van der Waals surface area contributed by atoms with Crippen LogP contribution in [0, 0.1) is 5.92 Å². The largest absolute Gasteiger partial charge is 0.481 e. The van der Waals surface area contributed by atoms with Crippen LogP contribution in [0.4, 0.5) is 0 Å². The summed E-state index contributed by atoms with van der Waals surface area (Å²) in [5.74, 6) is -5.43. The summed E-state index contributed by atoms with van der Waals surface area (Å²) >= 11 is 0. The molecule has 0 aromatic heterocycles. The third-order valence-electron chi connectivity index (χ3n) is 9.13. The van der Waals surface area contributed by atoms with Crippen LogP contribution in [0.3, 0.4) is 0 Å². The van der Waals surface area contributed by atoms with Gasteiger partial charge in [-0.3, -0.25) is 28.8 Å². The Labute approximate surface area is 354 Å². The van der Waals surface area contributed by atoms with Crippen molar-refractivity contribution in [1.29, 1.82) is 0 Å². The van der Waals surface area contributed by atoms with Gasteiger partial charge in [-0.1, -0.05) is 78.1 Å². The van der Waals surface area contributed by atoms with Gasteiger partial charge in [-0.15, -0.1) is 0 Å². The first-order valence-corrected chi connectivity index (χ1v) is 21.4. The van der Waals surface area contributed by atoms with Gasteiger partial charge in [-0.05, 0) is 25.7 Å². The fourth-order valence-corrected chi connectivity index (χ4v) is 5.54. The Hall–Kier alpha value is -4.20. The zero-order valence-corrected chi connectivity index (χ0v) is 35.8. The minimum absolute atomic E-state index is 0.0201. The van der Waals surface area contributed by atoms with Gasteiger partial charge < -0.3 is 55.5 Å². The predicted octanol–water partition coefficient (Wildman–Crippen LogP) is 2.76. The number of carboxylic acids is 3. The van der Waals surface area contributed by atoms with E-state index >= 15 is 0 Å². The first-order chi connectivity index (χ1) is 28.7. The van der Waals surface area contributed by atoms with E-state index in [0.717, 1.165) is 70.6 Å². The molecule has 0 aromatic carbocycles. The number of rotatable bonds is 42. The number of hydrogen-bond donors (Lipinski definition) is 7. The van der Waals surface area contributed by atoms with E-state index < -0.39 is 47.7 Å². The fourth-order valence-electron chi connectivity index (χ4n) is 5.54. The van der Waals surface area contributed by atoms with Gasteiger partial charge in [0.25, 0.3) is 0 Å². The van der Waals surface area contributed by atoms with Crippen LogP contribution in [0.1, 0.15) is 129 Å². The summed E-state index contributed by atoms with van der Waals surface area (Å²) in [4.78, 5) is 94.2. The highest BCUT2D eigenvalue weighted by Gasteiger charge is 2.24. The summed E-state index contributed by atoms with van der Waals surface area (Å²) < 4.78 is 21.1. The van der Waals surface area contributed by atoms with Gasteiger partial charge in [0.15, 0.2) is 5.78 Å². The Balaban J connectivity index is 4.00. The second-order valence-corrected chi connectivity index (χ2v) is 14.8. The third-order valence-corrected chi connectivity index (χ3v) is 9.13. The van der Waals surface area contributed by atoms with Crippen LogP contribution in [0.15, 0.2) is 0 Å². The molecule has 7 N–H and O–H groups in total. The van der Waals surface area contributed by atoms with Gasteiger partial charge in [-0.25, -0.2) is 9.59 Å². The maximum absolute atomic E-state index is 12.5. The number of carbonyl (C=O) groups excluding carboxylic acids is 5. The molecule has 0 aliphatic rings. The molecule has 0 heterocycles. The molecule has 1 unspecified atom stereocenters. The van der Waals surface area contributed by atoms with Crippen molar-refractivity contribution in [3.05, 3.63) is 0 Å². The van der Waals surface area contributed by atoms with Crippen LogP contribution in [0.5, 0.6) is 0 Å². The minimum Gasteiger partial charge on any atom is -0.481 e. The average Bonchev–Trinajstić information content (AvgIpc) is 3.19. The van der Waals surface area contributed by atoms with Crippen LogP contribution < -0.4 is 21.3 Å². The monoisotopic (exact) mass is 860 g/mol. The lowest BCUT2D eigenvalue weighted by Gasteiger charge is -2.17. The standard InChI is InChI=1S/C41H72N4O15/c1-31(2)34(46)29-59-27-25-58-24-22-43-38(50)30-60-28-26-57-23-21-42-35(47)19-17-32(40(53)54)45-37(49)20-18-33(41(55)56)44-36(48)15-13-11-9-7-5-3-4-6-8-10-12-14-16-39(51)52/h31-33H,3-30H2,1-2H3,(H,42,47)(H,43,50)(H,44,48)(H,45,49)(H,51,52)(H,53,54)(H,55,56)/t32-,33?/m0/s1. The lowest BCUT2D eigenvalue weighted by Crippen LogP contribution is -2.44. The molecule has 19 nitrogen and oxygen atoms in total. The highest BCUT2D eigenvalue weighted by atomic mass is 16.5. The van der Waals surface area contributed by atoms with Crippen molar-refractivity contribution in [3.63, 3.8) is 0 Å². The molecular formula is C41H72N4O15. The molecular weight excluding hydrogens is 788 g/mol. The van der Waals surface area contributed by atoms with Crippen LogP contribution in [0.2, 0.25) is 0 Å². The minimum atomic E-state index is -1.38. The molecule has 4 amide bonds. The number of amides is 4. The lowest BCUT2D eigenvalue weighted by molar-refractivity contribution is -0.143. The van der Waals surface area contributed by atoms with Crippen molar-refractivity contribution < 1.29 is 72.6 Å². The van der Waals surface area contributed by atoms with Gasteiger partial charge in [0.2, 0.25) is 23.6 Å². The topological polar surface area (TPSA) is 282 Å². The lowest BCUT2D eigenvalue weighted by atomic mass is 10.0. The van der Waals surface area contributed by atoms with Crippen LogP contribution in [0.25, 0.3) is 0 Å². The Morgan fingerprint density at radius 2 is 0.817 bits per heavy atom. The van der Waals surface area contributed by atoms with E-state index in [1.54, 1.807) is 13.8 Å². The summed E-state index contributed by atoms with van der Waals surface area (Å²) in [5, 5.41) is 37.7. The molecule has 60 heavy (non-hydrogen) atoms. The molecule has 0 rings (SSSR count). The zero-order chi connectivity index (χ0) is 44.8. The number of carboxylic acid groups (broad SMARTS) is 3. The summed E-state index contributed by atoms with van der Waals surface area (Å²) in [7, 11) is 0. The Morgan fingerprint density at radius 3 is 1.27 bits per heavy atom. The maximum atomic E-state index is 12.5. The predicted molar refractivity (Wildman–Crippen MR) is 219 cm³/mol. The van der Waals surface area contributed by atoms with Gasteiger partial charge in [0.05, 0.1) is 39.6 Å². The van der Waals surface area contributed by atoms with Crippen molar-refractivity contribution >= 4 is 47.3 Å². The van der Waals surface area contributed by atoms with E-state index in [0.29, 0.717) is 13.0 Å². The molecule has 0 bridgehead atoms.